The van der Waals surface area contributed by atoms with E-state index in [1.807, 2.05) is 63.5 Å². The predicted molar refractivity (Wildman–Crippen MR) is 101 cm³/mol. The monoisotopic (exact) mass is 339 g/mol. The van der Waals surface area contributed by atoms with E-state index in [4.69, 9.17) is 0 Å². The molecule has 1 aliphatic rings. The molecule has 0 spiro atoms. The Morgan fingerprint density at radius 3 is 2.46 bits per heavy atom. The molecule has 1 atom stereocenters. The molecule has 1 amide bonds. The van der Waals surface area contributed by atoms with E-state index in [0.29, 0.717) is 5.17 Å². The van der Waals surface area contributed by atoms with Gasteiger partial charge in [-0.2, -0.15) is 0 Å². The molecular formula is C19H21N3OS. The van der Waals surface area contributed by atoms with Crippen LogP contribution in [0.5, 0.6) is 0 Å². The number of thioether (sulfide) groups is 1. The van der Waals surface area contributed by atoms with Gasteiger partial charge in [-0.3, -0.25) is 4.79 Å². The number of anilines is 1. The first-order valence-electron chi connectivity index (χ1n) is 7.85. The Labute approximate surface area is 147 Å². The van der Waals surface area contributed by atoms with E-state index < -0.39 is 5.54 Å². The van der Waals surface area contributed by atoms with Crippen molar-refractivity contribution in [1.29, 1.82) is 0 Å². The zero-order valence-corrected chi connectivity index (χ0v) is 14.9. The predicted octanol–water partition coefficient (Wildman–Crippen LogP) is 3.39. The van der Waals surface area contributed by atoms with Crippen molar-refractivity contribution in [2.24, 2.45) is 4.99 Å². The third kappa shape index (κ3) is 3.17. The highest BCUT2D eigenvalue weighted by Crippen LogP contribution is 2.32. The van der Waals surface area contributed by atoms with Gasteiger partial charge >= 0.3 is 0 Å². The highest BCUT2D eigenvalue weighted by molar-refractivity contribution is 8.13. The van der Waals surface area contributed by atoms with E-state index in [0.717, 1.165) is 11.3 Å². The number of hydrogen-bond acceptors (Lipinski definition) is 4. The number of amidine groups is 1. The molecule has 0 saturated heterocycles. The lowest BCUT2D eigenvalue weighted by molar-refractivity contribution is -0.123. The number of carbonyl (C=O) groups excluding carboxylic acids is 1. The molecule has 0 fully saturated rings. The van der Waals surface area contributed by atoms with Gasteiger partial charge in [0.1, 0.15) is 0 Å². The van der Waals surface area contributed by atoms with Gasteiger partial charge in [0, 0.05) is 25.5 Å². The van der Waals surface area contributed by atoms with Crippen LogP contribution in [-0.4, -0.2) is 25.2 Å². The van der Waals surface area contributed by atoms with Gasteiger partial charge in [0.25, 0.3) is 5.91 Å². The molecule has 0 aliphatic carbocycles. The molecule has 0 bridgehead atoms. The van der Waals surface area contributed by atoms with Gasteiger partial charge in [-0.25, -0.2) is 4.99 Å². The minimum Gasteiger partial charge on any atom is -0.377 e. The molecule has 0 aromatic heterocycles. The minimum atomic E-state index is -0.843. The van der Waals surface area contributed by atoms with Crippen molar-refractivity contribution in [3.63, 3.8) is 0 Å². The summed E-state index contributed by atoms with van der Waals surface area (Å²) in [6, 6.07) is 18.0. The fourth-order valence-corrected chi connectivity index (χ4v) is 3.69. The first-order valence-corrected chi connectivity index (χ1v) is 8.84. The minimum absolute atomic E-state index is 0.0721. The molecule has 3 rings (SSSR count). The summed E-state index contributed by atoms with van der Waals surface area (Å²) in [5.74, 6) is 0.690. The maximum atomic E-state index is 12.4. The highest BCUT2D eigenvalue weighted by atomic mass is 32.2. The number of carbonyl (C=O) groups is 1. The van der Waals surface area contributed by atoms with Crippen LogP contribution in [0.4, 0.5) is 5.69 Å². The fourth-order valence-electron chi connectivity index (χ4n) is 2.74. The molecule has 0 radical (unpaired) electrons. The third-order valence-corrected chi connectivity index (χ3v) is 5.08. The van der Waals surface area contributed by atoms with Crippen LogP contribution in [0.3, 0.4) is 0 Å². The molecule has 1 N–H and O–H groups in total. The number of nitrogens with one attached hydrogen (secondary N) is 1. The van der Waals surface area contributed by atoms with E-state index in [-0.39, 0.29) is 5.91 Å². The first-order chi connectivity index (χ1) is 11.5. The van der Waals surface area contributed by atoms with Crippen molar-refractivity contribution in [3.8, 4) is 0 Å². The molecule has 2 aromatic carbocycles. The van der Waals surface area contributed by atoms with Gasteiger partial charge < -0.3 is 10.2 Å². The summed E-state index contributed by atoms with van der Waals surface area (Å²) in [5, 5.41) is 3.60. The summed E-state index contributed by atoms with van der Waals surface area (Å²) in [6.45, 7) is 1.86. The lowest BCUT2D eigenvalue weighted by Gasteiger charge is -2.17. The molecule has 24 heavy (non-hydrogen) atoms. The second kappa shape index (κ2) is 6.69. The maximum absolute atomic E-state index is 12.4. The van der Waals surface area contributed by atoms with Gasteiger partial charge in [0.2, 0.25) is 0 Å². The van der Waals surface area contributed by atoms with Crippen LogP contribution in [0.15, 0.2) is 59.6 Å². The Bertz CT molecular complexity index is 773. The summed E-state index contributed by atoms with van der Waals surface area (Å²) in [6.07, 6.45) is 0. The largest absolute Gasteiger partial charge is 0.377 e. The smallest absolute Gasteiger partial charge is 0.258 e. The van der Waals surface area contributed by atoms with E-state index in [1.165, 1.54) is 11.3 Å². The summed E-state index contributed by atoms with van der Waals surface area (Å²) in [7, 11) is 4.07. The Balaban J connectivity index is 1.78. The van der Waals surface area contributed by atoms with Gasteiger partial charge in [0.15, 0.2) is 10.7 Å². The number of aliphatic imine (C=N–C) groups is 1. The molecule has 2 aromatic rings. The standard InChI is InChI=1S/C19H21N3OS/c1-19(15-10-5-4-6-11-15)17(23)20-18(21-19)24-13-14-9-7-8-12-16(14)22(2)3/h4-12H,13H2,1-3H3,(H,20,21,23). The van der Waals surface area contributed by atoms with Crippen molar-refractivity contribution in [2.75, 3.05) is 19.0 Å². The topological polar surface area (TPSA) is 44.7 Å². The Morgan fingerprint density at radius 1 is 1.08 bits per heavy atom. The van der Waals surface area contributed by atoms with Crippen molar-refractivity contribution < 1.29 is 4.79 Å². The number of para-hydroxylation sites is 1. The zero-order valence-electron chi connectivity index (χ0n) is 14.1. The molecule has 124 valence electrons. The lowest BCUT2D eigenvalue weighted by Crippen LogP contribution is -2.34. The van der Waals surface area contributed by atoms with Crippen molar-refractivity contribution in [2.45, 2.75) is 18.2 Å². The molecule has 4 nitrogen and oxygen atoms in total. The Morgan fingerprint density at radius 2 is 1.75 bits per heavy atom. The van der Waals surface area contributed by atoms with Crippen molar-refractivity contribution >= 4 is 28.5 Å². The van der Waals surface area contributed by atoms with Gasteiger partial charge in [-0.05, 0) is 24.1 Å². The number of rotatable bonds is 4. The first kappa shape index (κ1) is 16.6. The van der Waals surface area contributed by atoms with Gasteiger partial charge in [0.05, 0.1) is 0 Å². The summed E-state index contributed by atoms with van der Waals surface area (Å²) in [4.78, 5) is 19.2. The molecule has 0 saturated carbocycles. The molecule has 1 unspecified atom stereocenters. The van der Waals surface area contributed by atoms with Gasteiger partial charge in [-0.15, -0.1) is 0 Å². The second-order valence-corrected chi connectivity index (χ2v) is 7.09. The van der Waals surface area contributed by atoms with E-state index in [9.17, 15) is 4.79 Å². The quantitative estimate of drug-likeness (QED) is 0.929. The van der Waals surface area contributed by atoms with Gasteiger partial charge in [-0.1, -0.05) is 60.3 Å². The number of amides is 1. The van der Waals surface area contributed by atoms with Crippen molar-refractivity contribution in [3.05, 3.63) is 65.7 Å². The normalized spacial score (nSPS) is 19.8. The van der Waals surface area contributed by atoms with Crippen LogP contribution < -0.4 is 10.2 Å². The average molecular weight is 339 g/mol. The molecular weight excluding hydrogens is 318 g/mol. The van der Waals surface area contributed by atoms with Crippen LogP contribution in [0.25, 0.3) is 0 Å². The summed E-state index contributed by atoms with van der Waals surface area (Å²) in [5.41, 5.74) is 2.47. The van der Waals surface area contributed by atoms with Crippen LogP contribution in [0.1, 0.15) is 18.1 Å². The number of hydrogen-bond donors (Lipinski definition) is 1. The number of benzene rings is 2. The summed E-state index contributed by atoms with van der Waals surface area (Å²) >= 11 is 1.56. The fraction of sp³-hybridized carbons (Fsp3) is 0.263. The van der Waals surface area contributed by atoms with Crippen molar-refractivity contribution in [1.82, 2.24) is 5.32 Å². The number of nitrogens with zero attached hydrogens (tertiary/aromatic N) is 2. The third-order valence-electron chi connectivity index (χ3n) is 4.16. The van der Waals surface area contributed by atoms with E-state index in [2.05, 4.69) is 27.3 Å². The second-order valence-electron chi connectivity index (χ2n) is 6.12. The maximum Gasteiger partial charge on any atom is 0.258 e. The van der Waals surface area contributed by atoms with Crippen LogP contribution in [-0.2, 0) is 16.1 Å². The van der Waals surface area contributed by atoms with Crippen LogP contribution in [0.2, 0.25) is 0 Å². The molecule has 5 heteroatoms. The van der Waals surface area contributed by atoms with Crippen LogP contribution >= 0.6 is 11.8 Å². The summed E-state index contributed by atoms with van der Waals surface area (Å²) < 4.78 is 0. The Kier molecular flexibility index (Phi) is 4.62. The average Bonchev–Trinajstić information content (AvgIpc) is 2.89. The Hall–Kier alpha value is -2.27. The highest BCUT2D eigenvalue weighted by Gasteiger charge is 2.40. The van der Waals surface area contributed by atoms with E-state index in [1.54, 1.807) is 11.8 Å². The zero-order chi connectivity index (χ0) is 17.2. The molecule has 1 heterocycles. The molecule has 1 aliphatic heterocycles. The lowest BCUT2D eigenvalue weighted by atomic mass is 9.93. The van der Waals surface area contributed by atoms with Crippen LogP contribution in [0, 0.1) is 0 Å². The van der Waals surface area contributed by atoms with E-state index >= 15 is 0 Å². The SMILES string of the molecule is CN(C)c1ccccc1CSC1=NC(C)(c2ccccc2)C(=O)N1.